The van der Waals surface area contributed by atoms with Crippen molar-refractivity contribution in [3.8, 4) is 0 Å². The molecule has 0 aromatic carbocycles. The molecule has 0 aromatic rings. The van der Waals surface area contributed by atoms with Crippen molar-refractivity contribution in [3.63, 3.8) is 0 Å². The van der Waals surface area contributed by atoms with Gasteiger partial charge < -0.3 is 20.0 Å². The quantitative estimate of drug-likeness (QED) is 0.741. The third-order valence-corrected chi connectivity index (χ3v) is 4.06. The molecule has 114 valence electrons. The number of hydrogen-bond acceptors (Lipinski definition) is 4. The second kappa shape index (κ2) is 6.90. The SMILES string of the molecule is O=C(O)[C@@H]1CCCN1C(=O)N1CCCN(CCO)CC1. The fourth-order valence-corrected chi connectivity index (χ4v) is 2.96. The van der Waals surface area contributed by atoms with Crippen LogP contribution in [0, 0.1) is 0 Å². The molecule has 0 bridgehead atoms. The van der Waals surface area contributed by atoms with E-state index in [0.29, 0.717) is 32.6 Å². The summed E-state index contributed by atoms with van der Waals surface area (Å²) in [5.41, 5.74) is 0. The Labute approximate surface area is 118 Å². The molecule has 7 heteroatoms. The summed E-state index contributed by atoms with van der Waals surface area (Å²) in [7, 11) is 0. The number of urea groups is 1. The van der Waals surface area contributed by atoms with Crippen molar-refractivity contribution in [1.29, 1.82) is 0 Å². The monoisotopic (exact) mass is 285 g/mol. The van der Waals surface area contributed by atoms with Crippen LogP contribution in [-0.2, 0) is 4.79 Å². The maximum absolute atomic E-state index is 12.5. The molecular formula is C13H23N3O4. The number of carbonyl (C=O) groups excluding carboxylic acids is 1. The molecular weight excluding hydrogens is 262 g/mol. The van der Waals surface area contributed by atoms with Crippen molar-refractivity contribution >= 4 is 12.0 Å². The lowest BCUT2D eigenvalue weighted by atomic mass is 10.2. The molecule has 0 spiro atoms. The van der Waals surface area contributed by atoms with E-state index >= 15 is 0 Å². The third kappa shape index (κ3) is 3.40. The number of aliphatic hydroxyl groups excluding tert-OH is 1. The van der Waals surface area contributed by atoms with Gasteiger partial charge in [0, 0.05) is 32.7 Å². The first kappa shape index (κ1) is 15.1. The first-order valence-electron chi connectivity index (χ1n) is 7.25. The van der Waals surface area contributed by atoms with Gasteiger partial charge in [0.25, 0.3) is 0 Å². The molecule has 2 aliphatic heterocycles. The summed E-state index contributed by atoms with van der Waals surface area (Å²) in [6.45, 7) is 4.15. The molecule has 0 radical (unpaired) electrons. The van der Waals surface area contributed by atoms with Crippen LogP contribution in [0.4, 0.5) is 4.79 Å². The van der Waals surface area contributed by atoms with E-state index in [9.17, 15) is 9.59 Å². The largest absolute Gasteiger partial charge is 0.480 e. The smallest absolute Gasteiger partial charge is 0.326 e. The Morgan fingerprint density at radius 2 is 1.85 bits per heavy atom. The molecule has 2 aliphatic rings. The Hall–Kier alpha value is -1.34. The van der Waals surface area contributed by atoms with Gasteiger partial charge in [0.15, 0.2) is 0 Å². The summed E-state index contributed by atoms with van der Waals surface area (Å²) in [5, 5.41) is 18.1. The Morgan fingerprint density at radius 1 is 1.05 bits per heavy atom. The minimum Gasteiger partial charge on any atom is -0.480 e. The number of nitrogens with zero attached hydrogens (tertiary/aromatic N) is 3. The highest BCUT2D eigenvalue weighted by Crippen LogP contribution is 2.20. The predicted molar refractivity (Wildman–Crippen MR) is 72.5 cm³/mol. The summed E-state index contributed by atoms with van der Waals surface area (Å²) < 4.78 is 0. The third-order valence-electron chi connectivity index (χ3n) is 4.06. The van der Waals surface area contributed by atoms with Crippen LogP contribution in [0.1, 0.15) is 19.3 Å². The van der Waals surface area contributed by atoms with Gasteiger partial charge in [-0.25, -0.2) is 9.59 Å². The van der Waals surface area contributed by atoms with Gasteiger partial charge in [-0.15, -0.1) is 0 Å². The van der Waals surface area contributed by atoms with Crippen molar-refractivity contribution in [2.75, 3.05) is 45.9 Å². The highest BCUT2D eigenvalue weighted by Gasteiger charge is 2.36. The second-order valence-corrected chi connectivity index (χ2v) is 5.38. The van der Waals surface area contributed by atoms with E-state index in [1.54, 1.807) is 4.90 Å². The van der Waals surface area contributed by atoms with Gasteiger partial charge in [-0.1, -0.05) is 0 Å². The molecule has 20 heavy (non-hydrogen) atoms. The summed E-state index contributed by atoms with van der Waals surface area (Å²) in [6, 6.07) is -0.819. The molecule has 0 aliphatic carbocycles. The second-order valence-electron chi connectivity index (χ2n) is 5.38. The van der Waals surface area contributed by atoms with Crippen LogP contribution in [-0.4, -0.2) is 88.8 Å². The molecule has 0 saturated carbocycles. The number of aliphatic hydroxyl groups is 1. The Balaban J connectivity index is 1.93. The first-order chi connectivity index (χ1) is 9.63. The molecule has 7 nitrogen and oxygen atoms in total. The molecule has 2 amide bonds. The van der Waals surface area contributed by atoms with E-state index in [2.05, 4.69) is 4.90 Å². The van der Waals surface area contributed by atoms with Crippen LogP contribution < -0.4 is 0 Å². The fourth-order valence-electron chi connectivity index (χ4n) is 2.96. The normalized spacial score (nSPS) is 24.8. The van der Waals surface area contributed by atoms with E-state index < -0.39 is 12.0 Å². The van der Waals surface area contributed by atoms with Crippen molar-refractivity contribution in [2.45, 2.75) is 25.3 Å². The molecule has 2 saturated heterocycles. The minimum atomic E-state index is -0.910. The van der Waals surface area contributed by atoms with Gasteiger partial charge in [-0.2, -0.15) is 0 Å². The Bertz CT molecular complexity index is 364. The number of amides is 2. The molecule has 0 aromatic heterocycles. The van der Waals surface area contributed by atoms with Gasteiger partial charge in [-0.05, 0) is 25.8 Å². The Kier molecular flexibility index (Phi) is 5.19. The summed E-state index contributed by atoms with van der Waals surface area (Å²) in [4.78, 5) is 29.0. The molecule has 1 atom stereocenters. The number of carbonyl (C=O) groups is 2. The summed E-state index contributed by atoms with van der Waals surface area (Å²) in [5.74, 6) is -0.910. The lowest BCUT2D eigenvalue weighted by Crippen LogP contribution is -2.49. The molecule has 2 N–H and O–H groups in total. The maximum atomic E-state index is 12.5. The fraction of sp³-hybridized carbons (Fsp3) is 0.846. The van der Waals surface area contributed by atoms with E-state index in [4.69, 9.17) is 10.2 Å². The van der Waals surface area contributed by atoms with Crippen molar-refractivity contribution < 1.29 is 19.8 Å². The van der Waals surface area contributed by atoms with Crippen LogP contribution in [0.15, 0.2) is 0 Å². The van der Waals surface area contributed by atoms with Gasteiger partial charge >= 0.3 is 12.0 Å². The van der Waals surface area contributed by atoms with Gasteiger partial charge in [0.05, 0.1) is 6.61 Å². The maximum Gasteiger partial charge on any atom is 0.326 e. The number of likely N-dealkylation sites (tertiary alicyclic amines) is 1. The number of hydrogen-bond donors (Lipinski definition) is 2. The highest BCUT2D eigenvalue weighted by molar-refractivity contribution is 5.83. The standard InChI is InChI=1S/C13H23N3O4/c17-10-9-14-4-2-5-15(8-7-14)13(20)16-6-1-3-11(16)12(18)19/h11,17H,1-10H2,(H,18,19)/t11-/m0/s1. The van der Waals surface area contributed by atoms with Crippen molar-refractivity contribution in [1.82, 2.24) is 14.7 Å². The van der Waals surface area contributed by atoms with Gasteiger partial charge in [0.2, 0.25) is 0 Å². The number of β-amino-alcohol motifs (C(OH)–C–C–N with tert-alkyl or cyclic N) is 1. The van der Waals surface area contributed by atoms with Gasteiger partial charge in [0.1, 0.15) is 6.04 Å². The van der Waals surface area contributed by atoms with Crippen LogP contribution >= 0.6 is 0 Å². The molecule has 0 unspecified atom stereocenters. The van der Waals surface area contributed by atoms with Crippen molar-refractivity contribution in [2.24, 2.45) is 0 Å². The number of carboxylic acid groups (broad SMARTS) is 1. The van der Waals surface area contributed by atoms with Crippen LogP contribution in [0.3, 0.4) is 0 Å². The average molecular weight is 285 g/mol. The van der Waals surface area contributed by atoms with E-state index in [1.807, 2.05) is 0 Å². The topological polar surface area (TPSA) is 84.3 Å². The molecule has 2 heterocycles. The zero-order valence-electron chi connectivity index (χ0n) is 11.7. The highest BCUT2D eigenvalue weighted by atomic mass is 16.4. The molecule has 2 rings (SSSR count). The van der Waals surface area contributed by atoms with Gasteiger partial charge in [-0.3, -0.25) is 4.90 Å². The van der Waals surface area contributed by atoms with E-state index in [0.717, 1.165) is 25.9 Å². The van der Waals surface area contributed by atoms with Crippen LogP contribution in [0.2, 0.25) is 0 Å². The zero-order valence-corrected chi connectivity index (χ0v) is 11.7. The van der Waals surface area contributed by atoms with E-state index in [-0.39, 0.29) is 12.6 Å². The minimum absolute atomic E-state index is 0.126. The number of aliphatic carboxylic acids is 1. The number of carboxylic acids is 1. The lowest BCUT2D eigenvalue weighted by Gasteiger charge is -2.29. The van der Waals surface area contributed by atoms with Crippen molar-refractivity contribution in [3.05, 3.63) is 0 Å². The predicted octanol–water partition coefficient (Wildman–Crippen LogP) is -0.345. The summed E-state index contributed by atoms with van der Waals surface area (Å²) >= 11 is 0. The van der Waals surface area contributed by atoms with E-state index in [1.165, 1.54) is 4.90 Å². The van der Waals surface area contributed by atoms with Crippen LogP contribution in [0.5, 0.6) is 0 Å². The first-order valence-corrected chi connectivity index (χ1v) is 7.25. The zero-order chi connectivity index (χ0) is 14.5. The average Bonchev–Trinajstić information content (AvgIpc) is 2.80. The lowest BCUT2D eigenvalue weighted by molar-refractivity contribution is -0.141. The van der Waals surface area contributed by atoms with Crippen LogP contribution in [0.25, 0.3) is 0 Å². The molecule has 2 fully saturated rings. The summed E-state index contributed by atoms with van der Waals surface area (Å²) in [6.07, 6.45) is 2.16. The number of rotatable bonds is 3. The Morgan fingerprint density at radius 3 is 2.55 bits per heavy atom.